The molecule has 2 heterocycles. The predicted molar refractivity (Wildman–Crippen MR) is 73.4 cm³/mol. The molecule has 5 saturated carbocycles. The van der Waals surface area contributed by atoms with E-state index in [0.717, 1.165) is 53.9 Å². The molecule has 1 aromatic rings. The molecular formula is C18H19NO. The van der Waals surface area contributed by atoms with Crippen LogP contribution >= 0.6 is 0 Å². The van der Waals surface area contributed by atoms with Crippen molar-refractivity contribution >= 4 is 0 Å². The van der Waals surface area contributed by atoms with E-state index in [0.29, 0.717) is 6.10 Å². The van der Waals surface area contributed by atoms with Crippen molar-refractivity contribution in [2.75, 3.05) is 0 Å². The minimum atomic E-state index is 0.0902. The summed E-state index contributed by atoms with van der Waals surface area (Å²) < 4.78 is 6.67. The molecule has 0 radical (unpaired) electrons. The molecule has 7 aliphatic rings. The summed E-state index contributed by atoms with van der Waals surface area (Å²) in [6, 6.07) is 10.8. The van der Waals surface area contributed by atoms with Gasteiger partial charge in [-0.15, -0.1) is 0 Å². The highest BCUT2D eigenvalue weighted by atomic mass is 16.5. The molecule has 1 aromatic carbocycles. The SMILES string of the molecule is c1ccc(CN[C@]23O[C@@H]4[C@@H]5[C@H]6[C@@H]7C[C@H]([C@H]6[C@H]52)[C@H]3[C@@H]74)cc1. The minimum Gasteiger partial charge on any atom is -0.356 e. The summed E-state index contributed by atoms with van der Waals surface area (Å²) in [4.78, 5) is 0. The summed E-state index contributed by atoms with van der Waals surface area (Å²) in [5.41, 5.74) is 1.49. The molecule has 7 fully saturated rings. The first-order chi connectivity index (χ1) is 9.90. The maximum atomic E-state index is 6.67. The highest BCUT2D eigenvalue weighted by molar-refractivity contribution is 5.38. The van der Waals surface area contributed by atoms with Crippen molar-refractivity contribution in [1.82, 2.24) is 5.32 Å². The summed E-state index contributed by atoms with van der Waals surface area (Å²) >= 11 is 0. The predicted octanol–water partition coefficient (Wildman–Crippen LogP) is 2.26. The summed E-state index contributed by atoms with van der Waals surface area (Å²) in [6.45, 7) is 0.981. The number of hydrogen-bond acceptors (Lipinski definition) is 2. The van der Waals surface area contributed by atoms with E-state index in [-0.39, 0.29) is 5.72 Å². The highest BCUT2D eigenvalue weighted by Gasteiger charge is 2.92. The smallest absolute Gasteiger partial charge is 0.126 e. The lowest BCUT2D eigenvalue weighted by Crippen LogP contribution is -2.56. The Labute approximate surface area is 118 Å². The van der Waals surface area contributed by atoms with E-state index in [1.165, 1.54) is 5.56 Å². The fraction of sp³-hybridized carbons (Fsp3) is 0.667. The minimum absolute atomic E-state index is 0.0902. The summed E-state index contributed by atoms with van der Waals surface area (Å²) in [5, 5.41) is 3.92. The molecule has 4 bridgehead atoms. The van der Waals surface area contributed by atoms with Crippen LogP contribution < -0.4 is 5.32 Å². The van der Waals surface area contributed by atoms with Crippen LogP contribution in [0.3, 0.4) is 0 Å². The molecule has 0 spiro atoms. The van der Waals surface area contributed by atoms with E-state index in [2.05, 4.69) is 35.6 Å². The Bertz CT molecular complexity index is 620. The van der Waals surface area contributed by atoms with E-state index in [4.69, 9.17) is 4.74 Å². The van der Waals surface area contributed by atoms with E-state index in [1.54, 1.807) is 6.42 Å². The maximum absolute atomic E-state index is 6.67. The van der Waals surface area contributed by atoms with Crippen molar-refractivity contribution in [1.29, 1.82) is 0 Å². The number of hydrogen-bond donors (Lipinski definition) is 1. The van der Waals surface area contributed by atoms with Crippen molar-refractivity contribution in [3.05, 3.63) is 35.9 Å². The topological polar surface area (TPSA) is 21.3 Å². The van der Waals surface area contributed by atoms with Crippen LogP contribution in [0.1, 0.15) is 12.0 Å². The van der Waals surface area contributed by atoms with E-state index in [1.807, 2.05) is 0 Å². The lowest BCUT2D eigenvalue weighted by Gasteiger charge is -2.46. The van der Waals surface area contributed by atoms with Crippen LogP contribution in [0.4, 0.5) is 0 Å². The van der Waals surface area contributed by atoms with Gasteiger partial charge in [0.2, 0.25) is 0 Å². The van der Waals surface area contributed by atoms with Crippen molar-refractivity contribution in [2.24, 2.45) is 47.3 Å². The summed E-state index contributed by atoms with van der Waals surface area (Å²) in [7, 11) is 0. The second-order valence-corrected chi connectivity index (χ2v) is 8.14. The van der Waals surface area contributed by atoms with Crippen LogP contribution in [-0.4, -0.2) is 11.8 Å². The Balaban J connectivity index is 1.29. The molecule has 2 heteroatoms. The zero-order chi connectivity index (χ0) is 12.6. The molecule has 102 valence electrons. The average Bonchev–Trinajstić information content (AvgIpc) is 3.10. The molecule has 0 aromatic heterocycles. The molecule has 1 N–H and O–H groups in total. The Morgan fingerprint density at radius 3 is 2.80 bits per heavy atom. The summed E-state index contributed by atoms with van der Waals surface area (Å²) in [6.07, 6.45) is 2.19. The molecule has 2 nitrogen and oxygen atoms in total. The third-order valence-electron chi connectivity index (χ3n) is 8.11. The van der Waals surface area contributed by atoms with Crippen molar-refractivity contribution in [3.8, 4) is 0 Å². The van der Waals surface area contributed by atoms with E-state index < -0.39 is 0 Å². The fourth-order valence-electron chi connectivity index (χ4n) is 8.13. The zero-order valence-electron chi connectivity index (χ0n) is 11.4. The second-order valence-electron chi connectivity index (χ2n) is 8.14. The average molecular weight is 265 g/mol. The molecule has 0 amide bonds. The van der Waals surface area contributed by atoms with Gasteiger partial charge < -0.3 is 4.74 Å². The first-order valence-electron chi connectivity index (χ1n) is 8.37. The third kappa shape index (κ3) is 0.731. The molecule has 10 atom stereocenters. The van der Waals surface area contributed by atoms with Crippen molar-refractivity contribution in [3.63, 3.8) is 0 Å². The number of nitrogens with one attached hydrogen (secondary N) is 1. The second kappa shape index (κ2) is 2.74. The largest absolute Gasteiger partial charge is 0.356 e. The Morgan fingerprint density at radius 2 is 1.90 bits per heavy atom. The standard InChI is InChI=1S/C18H19NO/c1-2-4-8(5-3-1)7-19-18-15-10-6-9-11-12(10)16(18)14(11)17(20-18)13(9)15/h1-5,9-17,19H,6-7H2/t9-,10+,11-,12+,13+,14+,15-,16+,17-,18+/m0/s1. The van der Waals surface area contributed by atoms with Gasteiger partial charge in [-0.3, -0.25) is 5.32 Å². The monoisotopic (exact) mass is 265 g/mol. The molecule has 8 rings (SSSR count). The van der Waals surface area contributed by atoms with Gasteiger partial charge in [0.1, 0.15) is 5.72 Å². The summed E-state index contributed by atoms with van der Waals surface area (Å²) in [5.74, 6) is 7.83. The first kappa shape index (κ1) is 9.97. The van der Waals surface area contributed by atoms with Crippen LogP contribution in [0, 0.1) is 47.3 Å². The van der Waals surface area contributed by atoms with Crippen LogP contribution in [0.2, 0.25) is 0 Å². The van der Waals surface area contributed by atoms with Crippen molar-refractivity contribution in [2.45, 2.75) is 24.8 Å². The zero-order valence-corrected chi connectivity index (χ0v) is 11.4. The van der Waals surface area contributed by atoms with Gasteiger partial charge in [0.25, 0.3) is 0 Å². The van der Waals surface area contributed by atoms with Gasteiger partial charge in [-0.1, -0.05) is 30.3 Å². The van der Waals surface area contributed by atoms with Crippen molar-refractivity contribution < 1.29 is 4.74 Å². The molecule has 2 saturated heterocycles. The number of rotatable bonds is 3. The third-order valence-corrected chi connectivity index (χ3v) is 8.11. The van der Waals surface area contributed by atoms with Crippen LogP contribution in [-0.2, 0) is 11.3 Å². The molecule has 20 heavy (non-hydrogen) atoms. The van der Waals surface area contributed by atoms with E-state index >= 15 is 0 Å². The van der Waals surface area contributed by atoms with Gasteiger partial charge in [-0.25, -0.2) is 0 Å². The first-order valence-corrected chi connectivity index (χ1v) is 8.37. The molecular weight excluding hydrogens is 246 g/mol. The molecule has 5 aliphatic carbocycles. The van der Waals surface area contributed by atoms with Crippen LogP contribution in [0.5, 0.6) is 0 Å². The highest BCUT2D eigenvalue weighted by Crippen LogP contribution is 2.89. The van der Waals surface area contributed by atoms with Crippen LogP contribution in [0.25, 0.3) is 0 Å². The fourth-order valence-corrected chi connectivity index (χ4v) is 8.13. The normalized spacial score (nSPS) is 64.7. The van der Waals surface area contributed by atoms with E-state index in [9.17, 15) is 0 Å². The lowest BCUT2D eigenvalue weighted by molar-refractivity contribution is -0.0591. The van der Waals surface area contributed by atoms with Gasteiger partial charge in [-0.05, 0) is 47.5 Å². The van der Waals surface area contributed by atoms with Gasteiger partial charge in [0.05, 0.1) is 6.10 Å². The van der Waals surface area contributed by atoms with Gasteiger partial charge in [-0.2, -0.15) is 0 Å². The quantitative estimate of drug-likeness (QED) is 0.905. The number of benzene rings is 1. The molecule has 2 aliphatic heterocycles. The molecule has 0 unspecified atom stereocenters. The Morgan fingerprint density at radius 1 is 1.00 bits per heavy atom. The Kier molecular flexibility index (Phi) is 1.36. The Hall–Kier alpha value is -0.860. The van der Waals surface area contributed by atoms with Crippen LogP contribution in [0.15, 0.2) is 30.3 Å². The van der Waals surface area contributed by atoms with Gasteiger partial charge >= 0.3 is 0 Å². The lowest BCUT2D eigenvalue weighted by atomic mass is 9.59. The van der Waals surface area contributed by atoms with Gasteiger partial charge in [0.15, 0.2) is 0 Å². The van der Waals surface area contributed by atoms with Gasteiger partial charge in [0, 0.05) is 18.4 Å². The number of ether oxygens (including phenoxy) is 1. The maximum Gasteiger partial charge on any atom is 0.126 e.